The molecule has 3 unspecified atom stereocenters. The molecule has 2 bridgehead atoms. The Balaban J connectivity index is 1.59. The van der Waals surface area contributed by atoms with E-state index in [9.17, 15) is 28.0 Å². The van der Waals surface area contributed by atoms with Crippen molar-refractivity contribution in [2.45, 2.75) is 43.8 Å². The van der Waals surface area contributed by atoms with Crippen LogP contribution in [0.5, 0.6) is 0 Å². The highest BCUT2D eigenvalue weighted by Gasteiger charge is 2.48. The number of piperazine rings is 1. The molecular weight excluding hydrogens is 386 g/mol. The van der Waals surface area contributed by atoms with E-state index in [1.165, 1.54) is 0 Å². The van der Waals surface area contributed by atoms with Gasteiger partial charge in [-0.2, -0.15) is 0 Å². The summed E-state index contributed by atoms with van der Waals surface area (Å²) in [5, 5.41) is 5.41. The number of carbonyl (C=O) groups excluding carboxylic acids is 4. The van der Waals surface area contributed by atoms with Gasteiger partial charge in [-0.05, 0) is 25.3 Å². The van der Waals surface area contributed by atoms with E-state index in [0.717, 1.165) is 23.8 Å². The number of piperidine rings is 3. The molecule has 0 spiro atoms. The van der Waals surface area contributed by atoms with Gasteiger partial charge in [-0.25, -0.2) is 8.78 Å². The summed E-state index contributed by atoms with van der Waals surface area (Å²) in [5.74, 6) is -5.30. The molecule has 8 nitrogen and oxygen atoms in total. The number of imide groups is 2. The van der Waals surface area contributed by atoms with Crippen LogP contribution in [0, 0.1) is 11.6 Å². The normalized spacial score (nSPS) is 28.8. The molecule has 152 valence electrons. The lowest BCUT2D eigenvalue weighted by Gasteiger charge is -2.47. The number of nitrogens with zero attached hydrogens (tertiary/aromatic N) is 2. The SMILES string of the molecule is O=C1CCC(N2C(=O)c3cc(F)c(F)c(N4CC5CCC4CN5)c3C2=O)C(=O)N1. The molecule has 0 radical (unpaired) electrons. The first kappa shape index (κ1) is 18.2. The molecule has 29 heavy (non-hydrogen) atoms. The fraction of sp³-hybridized carbons (Fsp3) is 0.474. The predicted molar refractivity (Wildman–Crippen MR) is 95.2 cm³/mol. The monoisotopic (exact) mass is 404 g/mol. The lowest BCUT2D eigenvalue weighted by Crippen LogP contribution is -2.61. The van der Waals surface area contributed by atoms with E-state index in [1.54, 1.807) is 4.90 Å². The van der Waals surface area contributed by atoms with Crippen molar-refractivity contribution in [3.05, 3.63) is 28.8 Å². The van der Waals surface area contributed by atoms with Crippen LogP contribution in [0.15, 0.2) is 6.07 Å². The Labute approximate surface area is 164 Å². The van der Waals surface area contributed by atoms with Crippen molar-refractivity contribution in [1.82, 2.24) is 15.5 Å². The summed E-state index contributed by atoms with van der Waals surface area (Å²) >= 11 is 0. The smallest absolute Gasteiger partial charge is 0.264 e. The Hall–Kier alpha value is -2.88. The van der Waals surface area contributed by atoms with Gasteiger partial charge < -0.3 is 10.2 Å². The molecule has 6 rings (SSSR count). The van der Waals surface area contributed by atoms with Crippen LogP contribution in [-0.2, 0) is 9.59 Å². The number of amides is 4. The zero-order chi connectivity index (χ0) is 20.4. The van der Waals surface area contributed by atoms with Gasteiger partial charge in [0.05, 0.1) is 16.8 Å². The van der Waals surface area contributed by atoms with Crippen molar-refractivity contribution in [2.24, 2.45) is 0 Å². The number of fused-ring (bicyclic) bond motifs is 4. The number of nitrogens with one attached hydrogen (secondary N) is 2. The highest BCUT2D eigenvalue weighted by Crippen LogP contribution is 2.40. The van der Waals surface area contributed by atoms with Gasteiger partial charge in [-0.15, -0.1) is 0 Å². The van der Waals surface area contributed by atoms with Crippen LogP contribution < -0.4 is 15.5 Å². The van der Waals surface area contributed by atoms with Crippen LogP contribution in [-0.4, -0.2) is 59.7 Å². The Morgan fingerprint density at radius 1 is 1.03 bits per heavy atom. The number of hydrogen-bond donors (Lipinski definition) is 2. The zero-order valence-electron chi connectivity index (χ0n) is 15.3. The van der Waals surface area contributed by atoms with E-state index in [4.69, 9.17) is 0 Å². The predicted octanol–water partition coefficient (Wildman–Crippen LogP) is 0.307. The van der Waals surface area contributed by atoms with Crippen molar-refractivity contribution in [3.8, 4) is 0 Å². The molecule has 0 saturated carbocycles. The van der Waals surface area contributed by atoms with Crippen molar-refractivity contribution >= 4 is 29.3 Å². The van der Waals surface area contributed by atoms with Crippen LogP contribution >= 0.6 is 0 Å². The van der Waals surface area contributed by atoms with Crippen molar-refractivity contribution in [2.75, 3.05) is 18.0 Å². The first-order valence-corrected chi connectivity index (χ1v) is 9.60. The van der Waals surface area contributed by atoms with E-state index in [1.807, 2.05) is 0 Å². The first-order valence-electron chi connectivity index (χ1n) is 9.60. The van der Waals surface area contributed by atoms with Crippen molar-refractivity contribution < 1.29 is 28.0 Å². The largest absolute Gasteiger partial charge is 0.363 e. The first-order chi connectivity index (χ1) is 13.9. The highest BCUT2D eigenvalue weighted by molar-refractivity contribution is 6.25. The summed E-state index contributed by atoms with van der Waals surface area (Å²) in [5.41, 5.74) is -0.654. The topological polar surface area (TPSA) is 98.8 Å². The molecular formula is C19H18F2N4O4. The van der Waals surface area contributed by atoms with E-state index in [2.05, 4.69) is 10.6 Å². The molecule has 10 heteroatoms. The zero-order valence-corrected chi connectivity index (χ0v) is 15.3. The number of anilines is 1. The maximum atomic E-state index is 14.9. The van der Waals surface area contributed by atoms with Crippen molar-refractivity contribution in [3.63, 3.8) is 0 Å². The van der Waals surface area contributed by atoms with Crippen molar-refractivity contribution in [1.29, 1.82) is 0 Å². The Bertz CT molecular complexity index is 973. The third-order valence-corrected chi connectivity index (χ3v) is 6.23. The molecule has 5 heterocycles. The lowest BCUT2D eigenvalue weighted by atomic mass is 9.91. The van der Waals surface area contributed by atoms with Gasteiger partial charge in [0, 0.05) is 31.6 Å². The summed E-state index contributed by atoms with van der Waals surface area (Å²) in [7, 11) is 0. The number of benzene rings is 1. The van der Waals surface area contributed by atoms with Gasteiger partial charge in [-0.3, -0.25) is 29.4 Å². The molecule has 3 atom stereocenters. The van der Waals surface area contributed by atoms with E-state index >= 15 is 0 Å². The summed E-state index contributed by atoms with van der Waals surface area (Å²) in [6.45, 7) is 0.978. The minimum atomic E-state index is -1.21. The van der Waals surface area contributed by atoms with Gasteiger partial charge in [-0.1, -0.05) is 0 Å². The quantitative estimate of drug-likeness (QED) is 0.689. The average molecular weight is 404 g/mol. The molecule has 0 aromatic heterocycles. The third-order valence-electron chi connectivity index (χ3n) is 6.23. The molecule has 4 fully saturated rings. The Kier molecular flexibility index (Phi) is 3.95. The maximum absolute atomic E-state index is 14.9. The number of rotatable bonds is 2. The summed E-state index contributed by atoms with van der Waals surface area (Å²) < 4.78 is 29.3. The van der Waals surface area contributed by atoms with E-state index in [-0.39, 0.29) is 41.7 Å². The Morgan fingerprint density at radius 2 is 1.83 bits per heavy atom. The van der Waals surface area contributed by atoms with Gasteiger partial charge in [0.15, 0.2) is 11.6 Å². The summed E-state index contributed by atoms with van der Waals surface area (Å²) in [4.78, 5) is 52.1. The second-order valence-corrected chi connectivity index (χ2v) is 7.88. The minimum absolute atomic E-state index is 0.0191. The average Bonchev–Trinajstić information content (AvgIpc) is 2.94. The second-order valence-electron chi connectivity index (χ2n) is 7.88. The molecule has 2 N–H and O–H groups in total. The van der Waals surface area contributed by atoms with Gasteiger partial charge in [0.1, 0.15) is 6.04 Å². The van der Waals surface area contributed by atoms with Crippen LogP contribution in [0.2, 0.25) is 0 Å². The van der Waals surface area contributed by atoms with Gasteiger partial charge in [0.25, 0.3) is 11.8 Å². The van der Waals surface area contributed by atoms with Crippen LogP contribution in [0.25, 0.3) is 0 Å². The fourth-order valence-corrected chi connectivity index (χ4v) is 4.80. The minimum Gasteiger partial charge on any atom is -0.363 e. The molecule has 4 amide bonds. The molecule has 1 aromatic rings. The lowest BCUT2D eigenvalue weighted by molar-refractivity contribution is -0.136. The standard InChI is InChI=1S/C19H18F2N4O4/c20-11-5-10-14(16(15(11)21)24-7-8-1-2-9(24)6-22-8)19(29)25(18(10)28)12-3-4-13(26)23-17(12)27/h5,8-9,12,22H,1-4,6-7H2,(H,23,26,27). The fourth-order valence-electron chi connectivity index (χ4n) is 4.80. The van der Waals surface area contributed by atoms with Gasteiger partial charge >= 0.3 is 0 Å². The number of carbonyl (C=O) groups is 4. The van der Waals surface area contributed by atoms with Crippen LogP contribution in [0.4, 0.5) is 14.5 Å². The number of halogens is 2. The molecule has 5 aliphatic heterocycles. The molecule has 1 aromatic carbocycles. The second kappa shape index (κ2) is 6.31. The molecule has 0 aliphatic carbocycles. The highest BCUT2D eigenvalue weighted by atomic mass is 19.2. The third kappa shape index (κ3) is 2.58. The maximum Gasteiger partial charge on any atom is 0.264 e. The van der Waals surface area contributed by atoms with E-state index in [0.29, 0.717) is 13.1 Å². The summed E-state index contributed by atoms with van der Waals surface area (Å²) in [6.07, 6.45) is 1.62. The number of hydrogen-bond acceptors (Lipinski definition) is 6. The summed E-state index contributed by atoms with van der Waals surface area (Å²) in [6, 6.07) is -0.482. The Morgan fingerprint density at radius 3 is 2.45 bits per heavy atom. The van der Waals surface area contributed by atoms with Crippen LogP contribution in [0.3, 0.4) is 0 Å². The molecule has 5 aliphatic rings. The van der Waals surface area contributed by atoms with Gasteiger partial charge in [0.2, 0.25) is 11.8 Å². The van der Waals surface area contributed by atoms with Crippen LogP contribution in [0.1, 0.15) is 46.4 Å². The van der Waals surface area contributed by atoms with E-state index < -0.39 is 41.3 Å². The molecule has 4 saturated heterocycles.